The number of aromatic nitrogens is 1. The van der Waals surface area contributed by atoms with Crippen molar-refractivity contribution < 1.29 is 9.18 Å². The molecule has 0 saturated carbocycles. The summed E-state index contributed by atoms with van der Waals surface area (Å²) in [5.74, 6) is -0.191. The Morgan fingerprint density at radius 1 is 1.07 bits per heavy atom. The smallest absolute Gasteiger partial charge is 0.271 e. The number of aryl methyl sites for hydroxylation is 1. The topological polar surface area (TPSA) is 28.5 Å². The van der Waals surface area contributed by atoms with Gasteiger partial charge in [0.15, 0.2) is 0 Å². The van der Waals surface area contributed by atoms with Crippen molar-refractivity contribution in [1.82, 2.24) is 14.4 Å². The molecule has 4 heterocycles. The van der Waals surface area contributed by atoms with Crippen LogP contribution in [0.25, 0.3) is 0 Å². The van der Waals surface area contributed by atoms with E-state index in [0.717, 1.165) is 30.9 Å². The van der Waals surface area contributed by atoms with Gasteiger partial charge in [0.05, 0.1) is 12.1 Å². The van der Waals surface area contributed by atoms with E-state index >= 15 is 0 Å². The molecule has 1 aromatic carbocycles. The zero-order chi connectivity index (χ0) is 19.3. The number of amides is 1. The molecule has 144 valence electrons. The van der Waals surface area contributed by atoms with Crippen molar-refractivity contribution in [2.45, 2.75) is 32.1 Å². The van der Waals surface area contributed by atoms with Gasteiger partial charge >= 0.3 is 0 Å². The predicted molar refractivity (Wildman–Crippen MR) is 108 cm³/mol. The van der Waals surface area contributed by atoms with E-state index in [9.17, 15) is 9.18 Å². The molecule has 6 heteroatoms. The minimum absolute atomic E-state index is 0.0599. The molecule has 0 unspecified atom stereocenters. The first kappa shape index (κ1) is 17.6. The summed E-state index contributed by atoms with van der Waals surface area (Å²) in [7, 11) is 0. The van der Waals surface area contributed by atoms with Crippen molar-refractivity contribution in [1.29, 1.82) is 0 Å². The molecule has 3 aromatic rings. The fourth-order valence-electron chi connectivity index (χ4n) is 4.46. The highest BCUT2D eigenvalue weighted by atomic mass is 32.1. The maximum Gasteiger partial charge on any atom is 0.271 e. The molecule has 1 amide bonds. The van der Waals surface area contributed by atoms with Crippen molar-refractivity contribution in [3.05, 3.63) is 81.6 Å². The molecule has 0 aliphatic carbocycles. The average Bonchev–Trinajstić information content (AvgIpc) is 3.41. The largest absolute Gasteiger partial charge is 0.337 e. The number of halogens is 1. The number of carbonyl (C=O) groups excluding carboxylic acids is 1. The summed E-state index contributed by atoms with van der Waals surface area (Å²) in [5, 5.41) is 2.14. The molecular weight excluding hydrogens is 373 g/mol. The highest BCUT2D eigenvalue weighted by Gasteiger charge is 2.44. The van der Waals surface area contributed by atoms with Crippen molar-refractivity contribution in [3.8, 4) is 0 Å². The van der Waals surface area contributed by atoms with Crippen LogP contribution in [0.15, 0.2) is 54.0 Å². The summed E-state index contributed by atoms with van der Waals surface area (Å²) in [6, 6.07) is 12.9. The van der Waals surface area contributed by atoms with Crippen molar-refractivity contribution in [3.63, 3.8) is 0 Å². The van der Waals surface area contributed by atoms with Gasteiger partial charge in [0.1, 0.15) is 11.5 Å². The first-order valence-corrected chi connectivity index (χ1v) is 10.5. The van der Waals surface area contributed by atoms with Gasteiger partial charge in [-0.3, -0.25) is 9.69 Å². The number of hydrogen-bond acceptors (Lipinski definition) is 3. The van der Waals surface area contributed by atoms with E-state index in [0.29, 0.717) is 6.54 Å². The van der Waals surface area contributed by atoms with Gasteiger partial charge in [-0.25, -0.2) is 4.39 Å². The first-order chi connectivity index (χ1) is 13.6. The van der Waals surface area contributed by atoms with E-state index in [1.807, 2.05) is 23.2 Å². The standard InChI is InChI=1S/C22H22FN3OS/c1-15-8-10-28-21(15)14-24-12-19-20(13-24)26(11-16-4-6-17(23)7-5-16)22(27)18-3-2-9-25(18)19/h2-10,19-20H,11-14H2,1H3/t19-,20+/m0/s1. The number of thiophene rings is 1. The van der Waals surface area contributed by atoms with Gasteiger partial charge < -0.3 is 9.47 Å². The van der Waals surface area contributed by atoms with Crippen LogP contribution in [0.3, 0.4) is 0 Å². The molecule has 2 aliphatic rings. The minimum Gasteiger partial charge on any atom is -0.337 e. The zero-order valence-corrected chi connectivity index (χ0v) is 16.5. The van der Waals surface area contributed by atoms with Gasteiger partial charge in [0, 0.05) is 37.3 Å². The third-order valence-corrected chi connectivity index (χ3v) is 6.96. The number of likely N-dealkylation sites (tertiary alicyclic amines) is 1. The summed E-state index contributed by atoms with van der Waals surface area (Å²) < 4.78 is 15.4. The number of rotatable bonds is 4. The first-order valence-electron chi connectivity index (χ1n) is 9.58. The van der Waals surface area contributed by atoms with Crippen LogP contribution in [-0.4, -0.2) is 39.4 Å². The maximum atomic E-state index is 13.3. The Hall–Kier alpha value is -2.44. The lowest BCUT2D eigenvalue weighted by atomic mass is 10.0. The lowest BCUT2D eigenvalue weighted by Crippen LogP contribution is -2.49. The summed E-state index contributed by atoms with van der Waals surface area (Å²) in [5.41, 5.74) is 3.04. The highest BCUT2D eigenvalue weighted by molar-refractivity contribution is 7.10. The molecular formula is C22H22FN3OS. The van der Waals surface area contributed by atoms with Gasteiger partial charge in [-0.1, -0.05) is 12.1 Å². The third kappa shape index (κ3) is 2.97. The number of hydrogen-bond donors (Lipinski definition) is 0. The molecule has 1 saturated heterocycles. The van der Waals surface area contributed by atoms with E-state index in [1.54, 1.807) is 23.5 Å². The lowest BCUT2D eigenvalue weighted by Gasteiger charge is -2.38. The van der Waals surface area contributed by atoms with Gasteiger partial charge in [-0.2, -0.15) is 0 Å². The minimum atomic E-state index is -0.251. The molecule has 0 bridgehead atoms. The molecule has 4 nitrogen and oxygen atoms in total. The van der Waals surface area contributed by atoms with Crippen LogP contribution in [0.2, 0.25) is 0 Å². The zero-order valence-electron chi connectivity index (χ0n) is 15.7. The van der Waals surface area contributed by atoms with Crippen LogP contribution >= 0.6 is 11.3 Å². The SMILES string of the molecule is Cc1ccsc1CN1C[C@@H]2[C@H](C1)n1cccc1C(=O)N2Cc1ccc(F)cc1. The fourth-order valence-corrected chi connectivity index (χ4v) is 5.41. The van der Waals surface area contributed by atoms with E-state index in [-0.39, 0.29) is 23.8 Å². The Morgan fingerprint density at radius 2 is 1.86 bits per heavy atom. The normalized spacial score (nSPS) is 21.8. The Balaban J connectivity index is 1.44. The van der Waals surface area contributed by atoms with Gasteiger partial charge in [0.25, 0.3) is 5.91 Å². The van der Waals surface area contributed by atoms with Crippen LogP contribution in [0.4, 0.5) is 4.39 Å². The Kier molecular flexibility index (Phi) is 4.33. The van der Waals surface area contributed by atoms with Crippen LogP contribution in [0.5, 0.6) is 0 Å². The molecule has 2 atom stereocenters. The second kappa shape index (κ2) is 6.87. The van der Waals surface area contributed by atoms with E-state index in [2.05, 4.69) is 27.8 Å². The van der Waals surface area contributed by atoms with Crippen molar-refractivity contribution in [2.24, 2.45) is 0 Å². The van der Waals surface area contributed by atoms with Crippen LogP contribution in [0.1, 0.15) is 32.5 Å². The predicted octanol–water partition coefficient (Wildman–Crippen LogP) is 4.08. The average molecular weight is 396 g/mol. The number of benzene rings is 1. The van der Waals surface area contributed by atoms with Crippen LogP contribution in [-0.2, 0) is 13.1 Å². The molecule has 2 aromatic heterocycles. The van der Waals surface area contributed by atoms with Gasteiger partial charge in [-0.15, -0.1) is 11.3 Å². The highest BCUT2D eigenvalue weighted by Crippen LogP contribution is 2.35. The lowest BCUT2D eigenvalue weighted by molar-refractivity contribution is 0.0556. The maximum absolute atomic E-state index is 13.3. The molecule has 28 heavy (non-hydrogen) atoms. The molecule has 1 fully saturated rings. The number of carbonyl (C=O) groups is 1. The second-order valence-electron chi connectivity index (χ2n) is 7.72. The molecule has 0 N–H and O–H groups in total. The Morgan fingerprint density at radius 3 is 2.61 bits per heavy atom. The molecule has 2 aliphatic heterocycles. The molecule has 0 radical (unpaired) electrons. The van der Waals surface area contributed by atoms with Crippen LogP contribution in [0, 0.1) is 12.7 Å². The second-order valence-corrected chi connectivity index (χ2v) is 8.72. The Bertz CT molecular complexity index is 1010. The number of nitrogens with zero attached hydrogens (tertiary/aromatic N) is 3. The quantitative estimate of drug-likeness (QED) is 0.666. The van der Waals surface area contributed by atoms with E-state index in [1.165, 1.54) is 22.6 Å². The summed E-state index contributed by atoms with van der Waals surface area (Å²) in [4.78, 5) is 19.0. The van der Waals surface area contributed by atoms with Gasteiger partial charge in [0.2, 0.25) is 0 Å². The monoisotopic (exact) mass is 395 g/mol. The van der Waals surface area contributed by atoms with E-state index in [4.69, 9.17) is 0 Å². The molecule has 0 spiro atoms. The number of fused-ring (bicyclic) bond motifs is 3. The summed E-state index contributed by atoms with van der Waals surface area (Å²) >= 11 is 1.80. The Labute approximate surface area is 167 Å². The van der Waals surface area contributed by atoms with Crippen LogP contribution < -0.4 is 0 Å². The summed E-state index contributed by atoms with van der Waals surface area (Å²) in [6.07, 6.45) is 2.03. The third-order valence-electron chi connectivity index (χ3n) is 5.95. The van der Waals surface area contributed by atoms with Crippen molar-refractivity contribution >= 4 is 17.2 Å². The van der Waals surface area contributed by atoms with Crippen molar-refractivity contribution in [2.75, 3.05) is 13.1 Å². The summed E-state index contributed by atoms with van der Waals surface area (Å²) in [6.45, 7) is 5.37. The van der Waals surface area contributed by atoms with E-state index < -0.39 is 0 Å². The molecule has 5 rings (SSSR count). The fraction of sp³-hybridized carbons (Fsp3) is 0.318. The van der Waals surface area contributed by atoms with Gasteiger partial charge in [-0.05, 0) is 53.8 Å².